The number of hydrogen-bond acceptors (Lipinski definition) is 6. The minimum Gasteiger partial charge on any atom is -0.460 e. The summed E-state index contributed by atoms with van der Waals surface area (Å²) >= 11 is 0. The molecule has 29 heavy (non-hydrogen) atoms. The third-order valence-corrected chi connectivity index (χ3v) is 5.74. The van der Waals surface area contributed by atoms with Gasteiger partial charge in [0.2, 0.25) is 0 Å². The zero-order valence-corrected chi connectivity index (χ0v) is 17.6. The van der Waals surface area contributed by atoms with E-state index in [1.807, 2.05) is 13.8 Å². The van der Waals surface area contributed by atoms with Crippen LogP contribution in [0.2, 0.25) is 0 Å². The normalized spacial score (nSPS) is 19.2. The number of ether oxygens (including phenoxy) is 2. The van der Waals surface area contributed by atoms with Gasteiger partial charge < -0.3 is 19.0 Å². The van der Waals surface area contributed by atoms with Gasteiger partial charge in [-0.1, -0.05) is 19.9 Å². The minimum absolute atomic E-state index is 0.0578. The lowest BCUT2D eigenvalue weighted by Gasteiger charge is -2.31. The number of hydrogen-bond donors (Lipinski definition) is 1. The Kier molecular flexibility index (Phi) is 6.13. The first-order valence-corrected chi connectivity index (χ1v) is 10.0. The van der Waals surface area contributed by atoms with Crippen molar-refractivity contribution < 1.29 is 28.6 Å². The van der Waals surface area contributed by atoms with Crippen LogP contribution in [-0.4, -0.2) is 23.1 Å². The average Bonchev–Trinajstić information content (AvgIpc) is 3.10. The molecule has 0 spiro atoms. The summed E-state index contributed by atoms with van der Waals surface area (Å²) in [5.41, 5.74) is 4.41. The van der Waals surface area contributed by atoms with Crippen LogP contribution in [0.15, 0.2) is 22.3 Å². The molecule has 0 bridgehead atoms. The standard InChI is InChI=1S/C23H28O6/c1-6-12(3)23(26)28-11-16-19-13(4)10-27-22(19)21(29-18(25)7-2)15-8-9-17(24)14(5)20(15)16/h6,10,14,17,24H,7-9,11H2,1-5H3/b12-6-/t14-,17-/m0/s1. The number of allylic oxidation sites excluding steroid dienone is 1. The zero-order chi connectivity index (χ0) is 21.3. The Bertz CT molecular complexity index is 981. The quantitative estimate of drug-likeness (QED) is 0.453. The molecule has 0 saturated carbocycles. The fraction of sp³-hybridized carbons (Fsp3) is 0.478. The summed E-state index contributed by atoms with van der Waals surface area (Å²) in [7, 11) is 0. The molecule has 0 aliphatic heterocycles. The molecule has 0 unspecified atom stereocenters. The molecule has 0 fully saturated rings. The highest BCUT2D eigenvalue weighted by molar-refractivity contribution is 5.94. The molecule has 1 N–H and O–H groups in total. The lowest BCUT2D eigenvalue weighted by atomic mass is 9.77. The number of carbonyl (C=O) groups is 2. The molecule has 156 valence electrons. The van der Waals surface area contributed by atoms with Crippen molar-refractivity contribution in [3.8, 4) is 5.75 Å². The summed E-state index contributed by atoms with van der Waals surface area (Å²) in [4.78, 5) is 24.3. The van der Waals surface area contributed by atoms with Gasteiger partial charge in [0.1, 0.15) is 6.61 Å². The first-order chi connectivity index (χ1) is 13.8. The van der Waals surface area contributed by atoms with Gasteiger partial charge in [-0.25, -0.2) is 4.79 Å². The molecule has 1 aliphatic carbocycles. The number of furan rings is 1. The number of rotatable bonds is 5. The first kappa shape index (κ1) is 21.1. The number of carbonyl (C=O) groups excluding carboxylic acids is 2. The van der Waals surface area contributed by atoms with Crippen LogP contribution in [0.5, 0.6) is 5.75 Å². The molecule has 6 heteroatoms. The number of esters is 2. The predicted molar refractivity (Wildman–Crippen MR) is 109 cm³/mol. The summed E-state index contributed by atoms with van der Waals surface area (Å²) < 4.78 is 17.0. The van der Waals surface area contributed by atoms with E-state index in [9.17, 15) is 14.7 Å². The number of aliphatic hydroxyl groups is 1. The van der Waals surface area contributed by atoms with E-state index in [2.05, 4.69) is 0 Å². The SMILES string of the molecule is C/C=C(/C)C(=O)OCc1c2c(c(OC(=O)CC)c3occ(C)c13)CC[C@H](O)[C@@H]2C. The molecule has 1 heterocycles. The van der Waals surface area contributed by atoms with E-state index in [-0.39, 0.29) is 30.9 Å². The van der Waals surface area contributed by atoms with E-state index >= 15 is 0 Å². The van der Waals surface area contributed by atoms with Crippen molar-refractivity contribution in [3.63, 3.8) is 0 Å². The number of benzene rings is 1. The Balaban J connectivity index is 2.21. The van der Waals surface area contributed by atoms with E-state index in [4.69, 9.17) is 13.9 Å². The average molecular weight is 400 g/mol. The summed E-state index contributed by atoms with van der Waals surface area (Å²) in [5, 5.41) is 11.3. The highest BCUT2D eigenvalue weighted by Gasteiger charge is 2.34. The van der Waals surface area contributed by atoms with Crippen LogP contribution in [0.3, 0.4) is 0 Å². The van der Waals surface area contributed by atoms with E-state index in [0.29, 0.717) is 29.7 Å². The van der Waals surface area contributed by atoms with Crippen molar-refractivity contribution in [2.45, 2.75) is 72.5 Å². The van der Waals surface area contributed by atoms with Crippen molar-refractivity contribution in [1.29, 1.82) is 0 Å². The highest BCUT2D eigenvalue weighted by Crippen LogP contribution is 2.46. The van der Waals surface area contributed by atoms with Crippen molar-refractivity contribution in [3.05, 3.63) is 40.2 Å². The van der Waals surface area contributed by atoms with Gasteiger partial charge in [0.15, 0.2) is 11.3 Å². The van der Waals surface area contributed by atoms with Gasteiger partial charge in [-0.05, 0) is 44.7 Å². The van der Waals surface area contributed by atoms with Gasteiger partial charge in [0.25, 0.3) is 0 Å². The Labute approximate surface area is 170 Å². The highest BCUT2D eigenvalue weighted by atomic mass is 16.5. The van der Waals surface area contributed by atoms with Crippen LogP contribution in [0, 0.1) is 6.92 Å². The summed E-state index contributed by atoms with van der Waals surface area (Å²) in [6.45, 7) is 9.13. The molecule has 1 aromatic carbocycles. The molecular formula is C23H28O6. The molecule has 1 aliphatic rings. The first-order valence-electron chi connectivity index (χ1n) is 10.0. The van der Waals surface area contributed by atoms with E-state index in [1.165, 1.54) is 0 Å². The lowest BCUT2D eigenvalue weighted by molar-refractivity contribution is -0.140. The molecular weight excluding hydrogens is 372 g/mol. The van der Waals surface area contributed by atoms with Crippen molar-refractivity contribution in [2.24, 2.45) is 0 Å². The second-order valence-corrected chi connectivity index (χ2v) is 7.59. The molecule has 2 atom stereocenters. The van der Waals surface area contributed by atoms with Gasteiger partial charge in [-0.15, -0.1) is 0 Å². The molecule has 6 nitrogen and oxygen atoms in total. The molecule has 1 aromatic heterocycles. The zero-order valence-electron chi connectivity index (χ0n) is 17.6. The van der Waals surface area contributed by atoms with Crippen LogP contribution >= 0.6 is 0 Å². The number of aliphatic hydroxyl groups excluding tert-OH is 1. The van der Waals surface area contributed by atoms with Crippen molar-refractivity contribution in [1.82, 2.24) is 0 Å². The molecule has 2 aromatic rings. The molecule has 0 amide bonds. The number of fused-ring (bicyclic) bond motifs is 2. The topological polar surface area (TPSA) is 86.0 Å². The van der Waals surface area contributed by atoms with Crippen LogP contribution in [0.25, 0.3) is 11.0 Å². The summed E-state index contributed by atoms with van der Waals surface area (Å²) in [6.07, 6.45) is 4.16. The minimum atomic E-state index is -0.520. The van der Waals surface area contributed by atoms with Gasteiger partial charge in [-0.3, -0.25) is 4.79 Å². The maximum Gasteiger partial charge on any atom is 0.333 e. The Morgan fingerprint density at radius 3 is 2.76 bits per heavy atom. The van der Waals surface area contributed by atoms with Crippen molar-refractivity contribution in [2.75, 3.05) is 0 Å². The Morgan fingerprint density at radius 2 is 2.10 bits per heavy atom. The Morgan fingerprint density at radius 1 is 1.38 bits per heavy atom. The molecule has 0 saturated heterocycles. The molecule has 0 radical (unpaired) electrons. The third kappa shape index (κ3) is 3.81. The van der Waals surface area contributed by atoms with Crippen LogP contribution in [0.4, 0.5) is 0 Å². The maximum atomic E-state index is 12.2. The van der Waals surface area contributed by atoms with Crippen LogP contribution in [-0.2, 0) is 27.4 Å². The van der Waals surface area contributed by atoms with E-state index in [1.54, 1.807) is 33.1 Å². The van der Waals surface area contributed by atoms with E-state index < -0.39 is 6.10 Å². The van der Waals surface area contributed by atoms with Crippen molar-refractivity contribution >= 4 is 22.9 Å². The smallest absolute Gasteiger partial charge is 0.333 e. The van der Waals surface area contributed by atoms with E-state index in [0.717, 1.165) is 27.6 Å². The maximum absolute atomic E-state index is 12.2. The monoisotopic (exact) mass is 400 g/mol. The second kappa shape index (κ2) is 8.41. The lowest BCUT2D eigenvalue weighted by Crippen LogP contribution is -2.26. The van der Waals surface area contributed by atoms with Gasteiger partial charge in [-0.2, -0.15) is 0 Å². The van der Waals surface area contributed by atoms with Crippen LogP contribution in [0.1, 0.15) is 68.7 Å². The van der Waals surface area contributed by atoms with Gasteiger partial charge in [0.05, 0.1) is 12.4 Å². The second-order valence-electron chi connectivity index (χ2n) is 7.59. The fourth-order valence-electron chi connectivity index (χ4n) is 3.91. The Hall–Kier alpha value is -2.60. The summed E-state index contributed by atoms with van der Waals surface area (Å²) in [5.74, 6) is -0.494. The van der Waals surface area contributed by atoms with Crippen LogP contribution < -0.4 is 4.74 Å². The van der Waals surface area contributed by atoms with Gasteiger partial charge >= 0.3 is 11.9 Å². The molecule has 3 rings (SSSR count). The van der Waals surface area contributed by atoms with Gasteiger partial charge in [0, 0.05) is 34.4 Å². The predicted octanol–water partition coefficient (Wildman–Crippen LogP) is 4.48. The third-order valence-electron chi connectivity index (χ3n) is 5.74. The summed E-state index contributed by atoms with van der Waals surface area (Å²) in [6, 6.07) is 0. The number of aryl methyl sites for hydroxylation is 1. The largest absolute Gasteiger partial charge is 0.460 e. The fourth-order valence-corrected chi connectivity index (χ4v) is 3.91.